The number of carbonyl (C=O) groups is 7. The summed E-state index contributed by atoms with van der Waals surface area (Å²) in [6.07, 6.45) is 0.457. The molecule has 3 fully saturated rings. The van der Waals surface area contributed by atoms with Gasteiger partial charge in [0.05, 0.1) is 18.5 Å². The fraction of sp³-hybridized carbons (Fsp3) is 0.457. The Morgan fingerprint density at radius 1 is 0.787 bits per heavy atom. The molecule has 0 saturated carbocycles. The van der Waals surface area contributed by atoms with E-state index >= 15 is 0 Å². The lowest BCUT2D eigenvalue weighted by molar-refractivity contribution is -0.137. The Morgan fingerprint density at radius 2 is 1.34 bits per heavy atom. The molecular weight excluding hydrogens is 795 g/mol. The lowest BCUT2D eigenvalue weighted by Crippen LogP contribution is -2.62. The van der Waals surface area contributed by atoms with Gasteiger partial charge in [-0.3, -0.25) is 38.5 Å². The van der Waals surface area contributed by atoms with E-state index < -0.39 is 95.1 Å². The number of nitrogens with zero attached hydrogens (tertiary/aromatic N) is 2. The Bertz CT molecular complexity index is 2010. The Labute approximate surface area is 361 Å². The zero-order valence-electron chi connectivity index (χ0n) is 35.6. The van der Waals surface area contributed by atoms with Gasteiger partial charge in [-0.2, -0.15) is 0 Å². The van der Waals surface area contributed by atoms with Gasteiger partial charge in [0.25, 0.3) is 0 Å². The number of carbonyl (C=O) groups excluding carboxylic acids is 7. The van der Waals surface area contributed by atoms with Crippen LogP contribution in [0.5, 0.6) is 0 Å². The summed E-state index contributed by atoms with van der Waals surface area (Å²) < 4.78 is 0. The maximum absolute atomic E-state index is 14.5. The first kappa shape index (κ1) is 45.0. The highest BCUT2D eigenvalue weighted by Gasteiger charge is 2.54. The van der Waals surface area contributed by atoms with Crippen LogP contribution in [0.25, 0.3) is 0 Å². The van der Waals surface area contributed by atoms with Crippen molar-refractivity contribution in [1.29, 1.82) is 0 Å². The van der Waals surface area contributed by atoms with Gasteiger partial charge in [-0.1, -0.05) is 124 Å². The van der Waals surface area contributed by atoms with Gasteiger partial charge < -0.3 is 31.5 Å². The van der Waals surface area contributed by atoms with Crippen LogP contribution in [0.2, 0.25) is 0 Å². The van der Waals surface area contributed by atoms with Gasteiger partial charge in [0, 0.05) is 6.54 Å². The minimum Gasteiger partial charge on any atom is -0.343 e. The average Bonchev–Trinajstić information content (AvgIpc) is 3.87. The molecule has 3 heterocycles. The van der Waals surface area contributed by atoms with Crippen LogP contribution in [0.15, 0.2) is 91.0 Å². The van der Waals surface area contributed by atoms with Crippen LogP contribution in [0.4, 0.5) is 0 Å². The molecule has 6 atom stereocenters. The maximum atomic E-state index is 14.5. The lowest BCUT2D eigenvalue weighted by atomic mass is 9.77. The number of rotatable bonds is 11. The summed E-state index contributed by atoms with van der Waals surface area (Å²) in [5.74, 6) is -3.43. The van der Waals surface area contributed by atoms with E-state index in [1.807, 2.05) is 97.9 Å². The number of thioether (sulfide) groups is 1. The average molecular weight is 852 g/mol. The molecule has 3 aromatic carbocycles. The summed E-state index contributed by atoms with van der Waals surface area (Å²) in [4.78, 5) is 102. The predicted octanol–water partition coefficient (Wildman–Crippen LogP) is 2.85. The second-order valence-electron chi connectivity index (χ2n) is 16.9. The monoisotopic (exact) mass is 851 g/mol. The Hall–Kier alpha value is -5.54. The van der Waals surface area contributed by atoms with Gasteiger partial charge in [-0.05, 0) is 68.5 Å². The molecular formula is C46H57N7O7S. The summed E-state index contributed by atoms with van der Waals surface area (Å²) in [6.45, 7) is 10.7. The Morgan fingerprint density at radius 3 is 1.87 bits per heavy atom. The zero-order valence-corrected chi connectivity index (χ0v) is 36.4. The molecule has 0 unspecified atom stereocenters. The van der Waals surface area contributed by atoms with Crippen molar-refractivity contribution in [2.45, 2.75) is 108 Å². The maximum Gasteiger partial charge on any atom is 0.245 e. The number of nitrogens with one attached hydrogen (secondary N) is 5. The van der Waals surface area contributed by atoms with Crippen molar-refractivity contribution in [2.24, 2.45) is 5.92 Å². The molecule has 6 rings (SSSR count). The molecule has 14 nitrogen and oxygen atoms in total. The summed E-state index contributed by atoms with van der Waals surface area (Å²) in [5.41, 5.74) is -0.166. The predicted molar refractivity (Wildman–Crippen MR) is 233 cm³/mol. The SMILES string of the molecule is CCSC(=O)C(C)(C)NC(=O)[C@H]1[C@@H]2CN2C(=O)[C@H](C)NC(=O)[C@H](CC(=O)NC(c2ccccc2)(c2ccccc2)c2ccccc2)NC(=O)[C@H](C(C)C)NC(=O)[C@@H]2CCCN21. The molecule has 0 bridgehead atoms. The largest absolute Gasteiger partial charge is 0.343 e. The molecule has 324 valence electrons. The normalized spacial score (nSPS) is 24.0. The van der Waals surface area contributed by atoms with Gasteiger partial charge in [-0.25, -0.2) is 0 Å². The topological polar surface area (TPSA) is 186 Å². The van der Waals surface area contributed by atoms with Gasteiger partial charge in [0.15, 0.2) is 0 Å². The second kappa shape index (κ2) is 19.0. The van der Waals surface area contributed by atoms with Crippen molar-refractivity contribution in [1.82, 2.24) is 36.4 Å². The van der Waals surface area contributed by atoms with Crippen LogP contribution >= 0.6 is 11.8 Å². The van der Waals surface area contributed by atoms with Crippen molar-refractivity contribution in [3.05, 3.63) is 108 Å². The second-order valence-corrected chi connectivity index (χ2v) is 18.1. The summed E-state index contributed by atoms with van der Waals surface area (Å²) >= 11 is 1.09. The minimum absolute atomic E-state index is 0.178. The van der Waals surface area contributed by atoms with Crippen LogP contribution in [0.3, 0.4) is 0 Å². The molecule has 3 aromatic rings. The van der Waals surface area contributed by atoms with Crippen LogP contribution in [0.1, 0.15) is 77.5 Å². The number of fused-ring (bicyclic) bond motifs is 2. The molecule has 5 N–H and O–H groups in total. The third-order valence-corrected chi connectivity index (χ3v) is 12.7. The minimum atomic E-state index is -1.46. The van der Waals surface area contributed by atoms with Crippen molar-refractivity contribution < 1.29 is 33.6 Å². The van der Waals surface area contributed by atoms with E-state index in [0.29, 0.717) is 25.1 Å². The van der Waals surface area contributed by atoms with Crippen LogP contribution in [0, 0.1) is 5.92 Å². The Balaban J connectivity index is 1.33. The highest BCUT2D eigenvalue weighted by atomic mass is 32.2. The van der Waals surface area contributed by atoms with Gasteiger partial charge >= 0.3 is 0 Å². The lowest BCUT2D eigenvalue weighted by Gasteiger charge is -2.37. The first-order valence-electron chi connectivity index (χ1n) is 21.0. The van der Waals surface area contributed by atoms with Crippen molar-refractivity contribution in [2.75, 3.05) is 18.8 Å². The standard InChI is InChI=1S/C46H57N7O7S/c1-7-61-44(60)45(5,6)51-42(58)38-35-27-53(35)43(59)29(4)47-39(55)33(48-41(57)37(28(2)3)49-40(56)34-24-17-25-52(34)38)26-36(54)50-46(30-18-11-8-12-19-30,31-20-13-9-14-21-31)32-22-15-10-16-23-32/h8-16,18-23,28-29,33-35,37-38H,7,17,24-27H2,1-6H3,(H,47,55)(H,48,57)(H,49,56)(H,50,54)(H,51,58)/t29-,33-,34-,35-,37-,38+,53?/m0/s1. The van der Waals surface area contributed by atoms with Crippen LogP contribution in [-0.4, -0.2) is 111 Å². The summed E-state index contributed by atoms with van der Waals surface area (Å²) in [6, 6.07) is 22.2. The smallest absolute Gasteiger partial charge is 0.245 e. The van der Waals surface area contributed by atoms with E-state index in [2.05, 4.69) is 26.6 Å². The first-order chi connectivity index (χ1) is 29.1. The molecule has 0 aliphatic carbocycles. The number of amides is 6. The molecule has 0 spiro atoms. The molecule has 15 heteroatoms. The van der Waals surface area contributed by atoms with E-state index in [-0.39, 0.29) is 11.7 Å². The molecule has 3 aliphatic rings. The van der Waals surface area contributed by atoms with Crippen LogP contribution in [-0.2, 0) is 39.1 Å². The molecule has 3 saturated heterocycles. The van der Waals surface area contributed by atoms with Crippen LogP contribution < -0.4 is 26.6 Å². The molecule has 3 aliphatic heterocycles. The third kappa shape index (κ3) is 9.83. The van der Waals surface area contributed by atoms with E-state index in [1.54, 1.807) is 32.6 Å². The molecule has 0 radical (unpaired) electrons. The fourth-order valence-corrected chi connectivity index (χ4v) is 9.15. The number of benzene rings is 3. The third-order valence-electron chi connectivity index (χ3n) is 11.7. The highest BCUT2D eigenvalue weighted by Crippen LogP contribution is 2.37. The van der Waals surface area contributed by atoms with Gasteiger partial charge in [0.2, 0.25) is 40.6 Å². The van der Waals surface area contributed by atoms with E-state index in [0.717, 1.165) is 28.5 Å². The molecule has 6 amide bonds. The van der Waals surface area contributed by atoms with Gasteiger partial charge in [-0.15, -0.1) is 0 Å². The quantitative estimate of drug-likeness (QED) is 0.143. The summed E-state index contributed by atoms with van der Waals surface area (Å²) in [7, 11) is 0. The van der Waals surface area contributed by atoms with E-state index in [4.69, 9.17) is 0 Å². The molecule has 61 heavy (non-hydrogen) atoms. The zero-order chi connectivity index (χ0) is 44.1. The number of hydrogen-bond acceptors (Lipinski definition) is 9. The summed E-state index contributed by atoms with van der Waals surface area (Å²) in [5, 5.41) is 14.3. The van der Waals surface area contributed by atoms with Crippen molar-refractivity contribution in [3.63, 3.8) is 0 Å². The fourth-order valence-electron chi connectivity index (χ4n) is 8.48. The first-order valence-corrected chi connectivity index (χ1v) is 22.0. The van der Waals surface area contributed by atoms with E-state index in [9.17, 15) is 33.6 Å². The number of hydrogen-bond donors (Lipinski definition) is 5. The van der Waals surface area contributed by atoms with Crippen molar-refractivity contribution >= 4 is 52.3 Å². The van der Waals surface area contributed by atoms with E-state index in [1.165, 1.54) is 11.8 Å². The van der Waals surface area contributed by atoms with Gasteiger partial charge in [0.1, 0.15) is 35.2 Å². The van der Waals surface area contributed by atoms with Crippen molar-refractivity contribution in [3.8, 4) is 0 Å². The highest BCUT2D eigenvalue weighted by molar-refractivity contribution is 8.13. The molecule has 0 aromatic heterocycles. The Kier molecular flexibility index (Phi) is 14.0.